The second kappa shape index (κ2) is 5.48. The molecule has 0 aliphatic rings. The van der Waals surface area contributed by atoms with Crippen LogP contribution in [-0.4, -0.2) is 20.4 Å². The molecule has 1 aromatic carbocycles. The standard InChI is InChI=1S/C16H20N2O2S/c1-16(2,3)13-7-9-15(10-8-13)21(19,20)18(4)14-6-5-11-17-12-14/h5-12H,1-4H3. The van der Waals surface area contributed by atoms with Crippen molar-refractivity contribution in [2.45, 2.75) is 31.1 Å². The van der Waals surface area contributed by atoms with Crippen LogP contribution in [0.5, 0.6) is 0 Å². The van der Waals surface area contributed by atoms with E-state index >= 15 is 0 Å². The molecule has 0 saturated heterocycles. The quantitative estimate of drug-likeness (QED) is 0.875. The summed E-state index contributed by atoms with van der Waals surface area (Å²) in [7, 11) is -2.03. The molecule has 0 N–H and O–H groups in total. The third-order valence-corrected chi connectivity index (χ3v) is 5.19. The van der Waals surface area contributed by atoms with E-state index in [0.29, 0.717) is 5.69 Å². The summed E-state index contributed by atoms with van der Waals surface area (Å²) in [6.07, 6.45) is 3.14. The highest BCUT2D eigenvalue weighted by Crippen LogP contribution is 2.25. The van der Waals surface area contributed by atoms with Crippen molar-refractivity contribution in [2.24, 2.45) is 0 Å². The molecule has 0 aliphatic heterocycles. The maximum atomic E-state index is 12.6. The monoisotopic (exact) mass is 304 g/mol. The van der Waals surface area contributed by atoms with Gasteiger partial charge in [0.05, 0.1) is 16.8 Å². The van der Waals surface area contributed by atoms with E-state index in [2.05, 4.69) is 25.8 Å². The fourth-order valence-corrected chi connectivity index (χ4v) is 3.15. The fourth-order valence-electron chi connectivity index (χ4n) is 1.96. The molecule has 0 atom stereocenters. The van der Waals surface area contributed by atoms with Crippen molar-refractivity contribution < 1.29 is 8.42 Å². The van der Waals surface area contributed by atoms with Gasteiger partial charge in [0.2, 0.25) is 0 Å². The van der Waals surface area contributed by atoms with E-state index in [9.17, 15) is 8.42 Å². The van der Waals surface area contributed by atoms with Crippen molar-refractivity contribution in [3.63, 3.8) is 0 Å². The highest BCUT2D eigenvalue weighted by molar-refractivity contribution is 7.92. The van der Waals surface area contributed by atoms with Gasteiger partial charge in [0.25, 0.3) is 10.0 Å². The SMILES string of the molecule is CN(c1cccnc1)S(=O)(=O)c1ccc(C(C)(C)C)cc1. The molecule has 21 heavy (non-hydrogen) atoms. The van der Waals surface area contributed by atoms with Crippen molar-refractivity contribution in [1.29, 1.82) is 0 Å². The molecule has 0 fully saturated rings. The van der Waals surface area contributed by atoms with Gasteiger partial charge in [-0.15, -0.1) is 0 Å². The van der Waals surface area contributed by atoms with Gasteiger partial charge in [-0.1, -0.05) is 32.9 Å². The highest BCUT2D eigenvalue weighted by Gasteiger charge is 2.22. The number of nitrogens with zero attached hydrogens (tertiary/aromatic N) is 2. The first-order valence-electron chi connectivity index (χ1n) is 6.72. The van der Waals surface area contributed by atoms with Gasteiger partial charge in [-0.3, -0.25) is 9.29 Å². The van der Waals surface area contributed by atoms with Crippen molar-refractivity contribution in [1.82, 2.24) is 4.98 Å². The molecule has 2 rings (SSSR count). The molecule has 2 aromatic rings. The molecule has 1 aromatic heterocycles. The van der Waals surface area contributed by atoms with Gasteiger partial charge in [0.1, 0.15) is 0 Å². The lowest BCUT2D eigenvalue weighted by Crippen LogP contribution is -2.26. The topological polar surface area (TPSA) is 50.3 Å². The summed E-state index contributed by atoms with van der Waals surface area (Å²) in [6, 6.07) is 10.5. The number of aromatic nitrogens is 1. The van der Waals surface area contributed by atoms with Crippen LogP contribution in [-0.2, 0) is 15.4 Å². The third kappa shape index (κ3) is 3.24. The second-order valence-electron chi connectivity index (χ2n) is 5.96. The smallest absolute Gasteiger partial charge is 0.264 e. The van der Waals surface area contributed by atoms with Gasteiger partial charge in [0, 0.05) is 13.2 Å². The van der Waals surface area contributed by atoms with Gasteiger partial charge >= 0.3 is 0 Å². The Kier molecular flexibility index (Phi) is 4.05. The van der Waals surface area contributed by atoms with E-state index in [1.54, 1.807) is 30.5 Å². The number of sulfonamides is 1. The zero-order valence-electron chi connectivity index (χ0n) is 12.7. The molecule has 112 valence electrons. The first-order chi connectivity index (χ1) is 9.73. The average Bonchev–Trinajstić information content (AvgIpc) is 2.46. The van der Waals surface area contributed by atoms with Crippen molar-refractivity contribution in [3.05, 3.63) is 54.4 Å². The van der Waals surface area contributed by atoms with Gasteiger partial charge in [-0.25, -0.2) is 8.42 Å². The zero-order chi connectivity index (χ0) is 15.7. The number of hydrogen-bond donors (Lipinski definition) is 0. The Labute approximate surface area is 126 Å². The average molecular weight is 304 g/mol. The Hall–Kier alpha value is -1.88. The molecular formula is C16H20N2O2S. The van der Waals surface area contributed by atoms with Crippen LogP contribution in [0.3, 0.4) is 0 Å². The van der Waals surface area contributed by atoms with E-state index in [1.807, 2.05) is 12.1 Å². The van der Waals surface area contributed by atoms with Gasteiger partial charge in [0.15, 0.2) is 0 Å². The Balaban J connectivity index is 2.36. The Morgan fingerprint density at radius 3 is 2.14 bits per heavy atom. The summed E-state index contributed by atoms with van der Waals surface area (Å²) in [5.41, 5.74) is 1.64. The van der Waals surface area contributed by atoms with Crippen LogP contribution in [0.2, 0.25) is 0 Å². The first-order valence-corrected chi connectivity index (χ1v) is 8.16. The van der Waals surface area contributed by atoms with Crippen LogP contribution in [0.15, 0.2) is 53.7 Å². The van der Waals surface area contributed by atoms with Gasteiger partial charge in [-0.05, 0) is 35.2 Å². The van der Waals surface area contributed by atoms with Crippen LogP contribution in [0.4, 0.5) is 5.69 Å². The zero-order valence-corrected chi connectivity index (χ0v) is 13.6. The van der Waals surface area contributed by atoms with Crippen LogP contribution < -0.4 is 4.31 Å². The Morgan fingerprint density at radius 1 is 1.05 bits per heavy atom. The third-order valence-electron chi connectivity index (χ3n) is 3.39. The molecule has 0 saturated carbocycles. The first kappa shape index (κ1) is 15.5. The summed E-state index contributed by atoms with van der Waals surface area (Å²) >= 11 is 0. The van der Waals surface area contributed by atoms with Crippen molar-refractivity contribution in [3.8, 4) is 0 Å². The maximum absolute atomic E-state index is 12.6. The van der Waals surface area contributed by atoms with Crippen LogP contribution in [0.1, 0.15) is 26.3 Å². The minimum Gasteiger partial charge on any atom is -0.268 e. The molecule has 0 spiro atoms. The molecule has 0 bridgehead atoms. The lowest BCUT2D eigenvalue weighted by molar-refractivity contribution is 0.585. The molecule has 5 heteroatoms. The Bertz CT molecular complexity index is 702. The van der Waals surface area contributed by atoms with Crippen LogP contribution in [0.25, 0.3) is 0 Å². The molecule has 0 amide bonds. The maximum Gasteiger partial charge on any atom is 0.264 e. The number of rotatable bonds is 3. The summed E-state index contributed by atoms with van der Waals surface area (Å²) < 4.78 is 26.4. The van der Waals surface area contributed by atoms with Gasteiger partial charge < -0.3 is 0 Å². The Morgan fingerprint density at radius 2 is 1.67 bits per heavy atom. The summed E-state index contributed by atoms with van der Waals surface area (Å²) in [5.74, 6) is 0. The number of anilines is 1. The lowest BCUT2D eigenvalue weighted by Gasteiger charge is -2.21. The fraction of sp³-hybridized carbons (Fsp3) is 0.312. The van der Waals surface area contributed by atoms with Crippen molar-refractivity contribution >= 4 is 15.7 Å². The summed E-state index contributed by atoms with van der Waals surface area (Å²) in [5, 5.41) is 0. The minimum atomic E-state index is -3.56. The predicted molar refractivity (Wildman–Crippen MR) is 85.0 cm³/mol. The van der Waals surface area contributed by atoms with E-state index in [1.165, 1.54) is 17.5 Å². The summed E-state index contributed by atoms with van der Waals surface area (Å²) in [4.78, 5) is 4.23. The van der Waals surface area contributed by atoms with Crippen molar-refractivity contribution in [2.75, 3.05) is 11.4 Å². The van der Waals surface area contributed by atoms with E-state index in [0.717, 1.165) is 5.56 Å². The largest absolute Gasteiger partial charge is 0.268 e. The molecular weight excluding hydrogens is 284 g/mol. The number of pyridine rings is 1. The second-order valence-corrected chi connectivity index (χ2v) is 7.93. The molecule has 4 nitrogen and oxygen atoms in total. The van der Waals surface area contributed by atoms with E-state index < -0.39 is 10.0 Å². The lowest BCUT2D eigenvalue weighted by atomic mass is 9.87. The summed E-state index contributed by atoms with van der Waals surface area (Å²) in [6.45, 7) is 6.29. The van der Waals surface area contributed by atoms with Gasteiger partial charge in [-0.2, -0.15) is 0 Å². The van der Waals surface area contributed by atoms with E-state index in [-0.39, 0.29) is 10.3 Å². The van der Waals surface area contributed by atoms with Crippen LogP contribution in [0, 0.1) is 0 Å². The number of benzene rings is 1. The van der Waals surface area contributed by atoms with E-state index in [4.69, 9.17) is 0 Å². The number of hydrogen-bond acceptors (Lipinski definition) is 3. The molecule has 1 heterocycles. The van der Waals surface area contributed by atoms with Crippen LogP contribution >= 0.6 is 0 Å². The highest BCUT2D eigenvalue weighted by atomic mass is 32.2. The normalized spacial score (nSPS) is 12.2. The molecule has 0 unspecified atom stereocenters. The molecule has 0 radical (unpaired) electrons. The molecule has 0 aliphatic carbocycles. The predicted octanol–water partition coefficient (Wildman–Crippen LogP) is 3.20. The minimum absolute atomic E-state index is 0.00244.